The van der Waals surface area contributed by atoms with Crippen LogP contribution >= 0.6 is 11.6 Å². The monoisotopic (exact) mass is 418 g/mol. The average molecular weight is 419 g/mol. The minimum atomic E-state index is -0.390. The first-order valence-corrected chi connectivity index (χ1v) is 10.3. The summed E-state index contributed by atoms with van der Waals surface area (Å²) in [5, 5.41) is 3.13. The first kappa shape index (κ1) is 18.7. The number of hydrogen-bond donors (Lipinski definition) is 1. The third-order valence-electron chi connectivity index (χ3n) is 5.12. The molecule has 1 fully saturated rings. The highest BCUT2D eigenvalue weighted by atomic mass is 35.5. The highest BCUT2D eigenvalue weighted by Crippen LogP contribution is 2.38. The van der Waals surface area contributed by atoms with Crippen LogP contribution in [0.15, 0.2) is 54.9 Å². The van der Waals surface area contributed by atoms with Gasteiger partial charge in [0.1, 0.15) is 5.82 Å². The summed E-state index contributed by atoms with van der Waals surface area (Å²) in [6.07, 6.45) is 6.09. The van der Waals surface area contributed by atoms with Crippen LogP contribution in [0.5, 0.6) is 0 Å². The zero-order valence-corrected chi connectivity index (χ0v) is 16.9. The number of hydrogen-bond acceptors (Lipinski definition) is 5. The first-order valence-electron chi connectivity index (χ1n) is 9.88. The number of imidazole rings is 1. The summed E-state index contributed by atoms with van der Waals surface area (Å²) in [6.45, 7) is 0.623. The summed E-state index contributed by atoms with van der Waals surface area (Å²) >= 11 is 6.22. The SMILES string of the molecule is O=C(Nc1nc2ccccc2n1CCc1ccccn1)c1nc(C2CC2)ncc1Cl. The number of nitrogens with zero attached hydrogens (tertiary/aromatic N) is 5. The fraction of sp³-hybridized carbons (Fsp3) is 0.227. The molecular formula is C22H19ClN6O. The molecule has 4 aromatic rings. The van der Waals surface area contributed by atoms with Gasteiger partial charge in [0.15, 0.2) is 5.69 Å². The van der Waals surface area contributed by atoms with Gasteiger partial charge in [0, 0.05) is 30.8 Å². The number of aryl methyl sites for hydroxylation is 2. The second-order valence-corrected chi connectivity index (χ2v) is 7.71. The standard InChI is InChI=1S/C22H19ClN6O/c23-16-13-25-20(14-8-9-14)27-19(16)21(30)28-22-26-17-6-1-2-7-18(17)29(22)12-10-15-5-3-4-11-24-15/h1-7,11,13-14H,8-10,12H2,(H,26,28,30). The molecule has 1 aromatic carbocycles. The Kier molecular flexibility index (Phi) is 4.88. The number of halogens is 1. The number of carbonyl (C=O) groups is 1. The van der Waals surface area contributed by atoms with Crippen LogP contribution in [-0.4, -0.2) is 30.4 Å². The molecule has 5 rings (SSSR count). The topological polar surface area (TPSA) is 85.6 Å². The molecule has 1 saturated carbocycles. The second-order valence-electron chi connectivity index (χ2n) is 7.30. The molecule has 150 valence electrons. The summed E-state index contributed by atoms with van der Waals surface area (Å²) in [7, 11) is 0. The van der Waals surface area contributed by atoms with Gasteiger partial charge in [-0.1, -0.05) is 29.8 Å². The lowest BCUT2D eigenvalue weighted by atomic mass is 10.2. The molecular weight excluding hydrogens is 400 g/mol. The number of carbonyl (C=O) groups excluding carboxylic acids is 1. The van der Waals surface area contributed by atoms with Crippen molar-refractivity contribution in [1.29, 1.82) is 0 Å². The van der Waals surface area contributed by atoms with Crippen molar-refractivity contribution >= 4 is 34.5 Å². The van der Waals surface area contributed by atoms with Gasteiger partial charge in [-0.3, -0.25) is 15.1 Å². The quantitative estimate of drug-likeness (QED) is 0.506. The molecule has 1 N–H and O–H groups in total. The van der Waals surface area contributed by atoms with E-state index in [1.54, 1.807) is 6.20 Å². The Balaban J connectivity index is 1.45. The van der Waals surface area contributed by atoms with E-state index < -0.39 is 5.91 Å². The van der Waals surface area contributed by atoms with Crippen LogP contribution in [0.1, 0.15) is 40.8 Å². The zero-order chi connectivity index (χ0) is 20.5. The van der Waals surface area contributed by atoms with Crippen molar-refractivity contribution in [3.8, 4) is 0 Å². The van der Waals surface area contributed by atoms with Gasteiger partial charge in [-0.25, -0.2) is 15.0 Å². The van der Waals surface area contributed by atoms with Crippen molar-refractivity contribution in [1.82, 2.24) is 24.5 Å². The van der Waals surface area contributed by atoms with Crippen LogP contribution in [0.4, 0.5) is 5.95 Å². The molecule has 0 unspecified atom stereocenters. The van der Waals surface area contributed by atoms with Crippen molar-refractivity contribution in [2.24, 2.45) is 0 Å². The number of aromatic nitrogens is 5. The fourth-order valence-corrected chi connectivity index (χ4v) is 3.59. The molecule has 3 heterocycles. The van der Waals surface area contributed by atoms with E-state index >= 15 is 0 Å². The van der Waals surface area contributed by atoms with Crippen molar-refractivity contribution in [2.45, 2.75) is 31.7 Å². The van der Waals surface area contributed by atoms with Crippen LogP contribution in [0, 0.1) is 0 Å². The summed E-state index contributed by atoms with van der Waals surface area (Å²) < 4.78 is 1.98. The Morgan fingerprint density at radius 3 is 2.73 bits per heavy atom. The van der Waals surface area contributed by atoms with E-state index in [4.69, 9.17) is 11.6 Å². The lowest BCUT2D eigenvalue weighted by Crippen LogP contribution is -2.19. The Hall–Kier alpha value is -3.32. The van der Waals surface area contributed by atoms with Crippen molar-refractivity contribution < 1.29 is 4.79 Å². The Morgan fingerprint density at radius 1 is 1.10 bits per heavy atom. The molecule has 1 amide bonds. The number of pyridine rings is 1. The predicted octanol–water partition coefficient (Wildman–Crippen LogP) is 4.25. The molecule has 0 bridgehead atoms. The summed E-state index contributed by atoms with van der Waals surface area (Å²) in [4.78, 5) is 30.6. The van der Waals surface area contributed by atoms with Gasteiger partial charge in [-0.05, 0) is 37.1 Å². The number of para-hydroxylation sites is 2. The van der Waals surface area contributed by atoms with Gasteiger partial charge in [-0.2, -0.15) is 0 Å². The smallest absolute Gasteiger partial charge is 0.278 e. The molecule has 1 aliphatic carbocycles. The van der Waals surface area contributed by atoms with Gasteiger partial charge in [0.2, 0.25) is 5.95 Å². The molecule has 0 aliphatic heterocycles. The highest BCUT2D eigenvalue weighted by molar-refractivity contribution is 6.33. The minimum Gasteiger partial charge on any atom is -0.310 e. The van der Waals surface area contributed by atoms with E-state index in [0.29, 0.717) is 30.7 Å². The molecule has 8 heteroatoms. The molecule has 0 radical (unpaired) electrons. The number of fused-ring (bicyclic) bond motifs is 1. The summed E-state index contributed by atoms with van der Waals surface area (Å²) in [5.41, 5.74) is 2.90. The minimum absolute atomic E-state index is 0.178. The Morgan fingerprint density at radius 2 is 1.93 bits per heavy atom. The van der Waals surface area contributed by atoms with Crippen molar-refractivity contribution in [2.75, 3.05) is 5.32 Å². The molecule has 0 atom stereocenters. The summed E-state index contributed by atoms with van der Waals surface area (Å²) in [5.74, 6) is 1.07. The lowest BCUT2D eigenvalue weighted by molar-refractivity contribution is 0.102. The van der Waals surface area contributed by atoms with E-state index in [1.165, 1.54) is 6.20 Å². The van der Waals surface area contributed by atoms with Gasteiger partial charge in [0.05, 0.1) is 22.3 Å². The summed E-state index contributed by atoms with van der Waals surface area (Å²) in [6, 6.07) is 13.6. The first-order chi connectivity index (χ1) is 14.7. The molecule has 0 spiro atoms. The zero-order valence-electron chi connectivity index (χ0n) is 16.1. The molecule has 30 heavy (non-hydrogen) atoms. The van der Waals surface area contributed by atoms with Crippen LogP contribution in [0.2, 0.25) is 5.02 Å². The van der Waals surface area contributed by atoms with Gasteiger partial charge in [0.25, 0.3) is 5.91 Å². The number of anilines is 1. The molecule has 0 saturated heterocycles. The second kappa shape index (κ2) is 7.84. The normalized spacial score (nSPS) is 13.5. The maximum atomic E-state index is 13.0. The van der Waals surface area contributed by atoms with Crippen molar-refractivity contribution in [3.63, 3.8) is 0 Å². The van der Waals surface area contributed by atoms with Crippen LogP contribution in [-0.2, 0) is 13.0 Å². The van der Waals surface area contributed by atoms with E-state index in [-0.39, 0.29) is 10.7 Å². The molecule has 7 nitrogen and oxygen atoms in total. The van der Waals surface area contributed by atoms with Gasteiger partial charge < -0.3 is 4.57 Å². The Labute approximate surface area is 178 Å². The lowest BCUT2D eigenvalue weighted by Gasteiger charge is -2.11. The predicted molar refractivity (Wildman–Crippen MR) is 115 cm³/mol. The van der Waals surface area contributed by atoms with E-state index in [1.807, 2.05) is 47.0 Å². The maximum Gasteiger partial charge on any atom is 0.278 e. The van der Waals surface area contributed by atoms with Crippen LogP contribution in [0.3, 0.4) is 0 Å². The molecule has 1 aliphatic rings. The van der Waals surface area contributed by atoms with Gasteiger partial charge in [-0.15, -0.1) is 0 Å². The fourth-order valence-electron chi connectivity index (χ4n) is 3.41. The van der Waals surface area contributed by atoms with Gasteiger partial charge >= 0.3 is 0 Å². The Bertz CT molecular complexity index is 1220. The largest absolute Gasteiger partial charge is 0.310 e. The highest BCUT2D eigenvalue weighted by Gasteiger charge is 2.28. The number of nitrogens with one attached hydrogen (secondary N) is 1. The van der Waals surface area contributed by atoms with E-state index in [2.05, 4.69) is 25.3 Å². The van der Waals surface area contributed by atoms with E-state index in [0.717, 1.165) is 29.6 Å². The third-order valence-corrected chi connectivity index (χ3v) is 5.39. The van der Waals surface area contributed by atoms with Crippen LogP contribution in [0.25, 0.3) is 11.0 Å². The number of rotatable bonds is 6. The van der Waals surface area contributed by atoms with Crippen LogP contribution < -0.4 is 5.32 Å². The van der Waals surface area contributed by atoms with E-state index in [9.17, 15) is 4.79 Å². The molecule has 3 aromatic heterocycles. The number of benzene rings is 1. The van der Waals surface area contributed by atoms with Crippen molar-refractivity contribution in [3.05, 3.63) is 77.1 Å². The average Bonchev–Trinajstić information content (AvgIpc) is 3.56. The third kappa shape index (κ3) is 3.76. The maximum absolute atomic E-state index is 13.0. The number of amides is 1.